The van der Waals surface area contributed by atoms with E-state index in [1.807, 2.05) is 53.2 Å². The van der Waals surface area contributed by atoms with Gasteiger partial charge in [0, 0.05) is 50.2 Å². The number of carbonyl (C=O) groups is 3. The Kier molecular flexibility index (Phi) is 9.64. The second-order valence-corrected chi connectivity index (χ2v) is 10.1. The van der Waals surface area contributed by atoms with Gasteiger partial charge < -0.3 is 34.6 Å². The van der Waals surface area contributed by atoms with E-state index in [1.165, 1.54) is 11.1 Å². The number of hydrogen-bond donors (Lipinski definition) is 3. The maximum Gasteiger partial charge on any atom is 0.274 e. The highest BCUT2D eigenvalue weighted by Crippen LogP contribution is 2.32. The highest BCUT2D eigenvalue weighted by molar-refractivity contribution is 5.95. The zero-order chi connectivity index (χ0) is 30.9. The molecule has 1 aliphatic rings. The lowest BCUT2D eigenvalue weighted by Crippen LogP contribution is -2.51. The normalized spacial score (nSPS) is 16.4. The van der Waals surface area contributed by atoms with Crippen LogP contribution in [-0.2, 0) is 22.6 Å². The van der Waals surface area contributed by atoms with Gasteiger partial charge in [-0.05, 0) is 30.2 Å². The molecule has 3 N–H and O–H groups in total. The van der Waals surface area contributed by atoms with Crippen molar-refractivity contribution < 1.29 is 23.9 Å². The van der Waals surface area contributed by atoms with Crippen LogP contribution in [0.2, 0.25) is 0 Å². The van der Waals surface area contributed by atoms with Crippen LogP contribution in [0.15, 0.2) is 78.1 Å². The highest BCUT2D eigenvalue weighted by Gasteiger charge is 2.25. The van der Waals surface area contributed by atoms with Crippen LogP contribution in [0.5, 0.6) is 11.5 Å². The number of carbonyl (C=O) groups excluding carboxylic acids is 3. The van der Waals surface area contributed by atoms with E-state index in [9.17, 15) is 19.2 Å². The van der Waals surface area contributed by atoms with Gasteiger partial charge in [-0.1, -0.05) is 30.3 Å². The Morgan fingerprint density at radius 2 is 1.93 bits per heavy atom. The molecule has 0 fully saturated rings. The third-order valence-electron chi connectivity index (χ3n) is 7.07. The zero-order valence-corrected chi connectivity index (χ0v) is 24.2. The Balaban J connectivity index is 1.44. The number of methoxy groups -OCH3 is 1. The number of benzene rings is 2. The fourth-order valence-corrected chi connectivity index (χ4v) is 4.88. The van der Waals surface area contributed by atoms with Crippen LogP contribution in [0.4, 0.5) is 0 Å². The minimum atomic E-state index is -0.887. The molecule has 0 saturated heterocycles. The van der Waals surface area contributed by atoms with E-state index in [2.05, 4.69) is 25.6 Å². The number of ether oxygens (including phenoxy) is 2. The highest BCUT2D eigenvalue weighted by atomic mass is 16.5. The predicted octanol–water partition coefficient (Wildman–Crippen LogP) is 1.41. The van der Waals surface area contributed by atoms with Crippen molar-refractivity contribution in [3.05, 3.63) is 94.9 Å². The summed E-state index contributed by atoms with van der Waals surface area (Å²) in [5.41, 5.74) is 1.18. The topological polar surface area (TPSA) is 161 Å². The van der Waals surface area contributed by atoms with Crippen LogP contribution in [0.3, 0.4) is 0 Å². The molecule has 1 atom stereocenters. The van der Waals surface area contributed by atoms with Gasteiger partial charge in [0.1, 0.15) is 17.6 Å². The van der Waals surface area contributed by atoms with E-state index >= 15 is 0 Å². The first-order valence-electron chi connectivity index (χ1n) is 14.2. The first-order chi connectivity index (χ1) is 21.4. The molecule has 0 aliphatic carbocycles. The van der Waals surface area contributed by atoms with Crippen LogP contribution in [-0.4, -0.2) is 81.5 Å². The lowest BCUT2D eigenvalue weighted by atomic mass is 10.1. The van der Waals surface area contributed by atoms with Crippen LogP contribution in [0, 0.1) is 0 Å². The summed E-state index contributed by atoms with van der Waals surface area (Å²) in [5, 5.41) is 5.74. The largest absolute Gasteiger partial charge is 0.493 e. The first kappa shape index (κ1) is 30.0. The van der Waals surface area contributed by atoms with E-state index < -0.39 is 23.4 Å². The van der Waals surface area contributed by atoms with Gasteiger partial charge in [0.15, 0.2) is 11.5 Å². The number of aromatic nitrogens is 4. The number of hydrogen-bond acceptors (Lipinski definition) is 8. The number of amides is 3. The molecule has 3 heterocycles. The van der Waals surface area contributed by atoms with Crippen LogP contribution < -0.4 is 25.7 Å². The van der Waals surface area contributed by atoms with Crippen molar-refractivity contribution in [2.24, 2.45) is 0 Å². The van der Waals surface area contributed by atoms with Crippen molar-refractivity contribution >= 4 is 17.7 Å². The Morgan fingerprint density at radius 3 is 2.70 bits per heavy atom. The van der Waals surface area contributed by atoms with E-state index in [0.29, 0.717) is 30.3 Å². The number of nitrogens with zero attached hydrogens (tertiary/aromatic N) is 4. The lowest BCUT2D eigenvalue weighted by molar-refractivity contribution is -0.129. The van der Waals surface area contributed by atoms with Gasteiger partial charge in [0.25, 0.3) is 11.5 Å². The monoisotopic (exact) mass is 599 g/mol. The number of nitrogens with one attached hydrogen (secondary N) is 3. The molecule has 2 aromatic heterocycles. The molecular formula is C31H33N7O6. The second kappa shape index (κ2) is 14.1. The molecule has 0 unspecified atom stereocenters. The minimum absolute atomic E-state index is 0.0242. The minimum Gasteiger partial charge on any atom is -0.493 e. The van der Waals surface area contributed by atoms with Gasteiger partial charge in [-0.25, -0.2) is 9.97 Å². The first-order valence-corrected chi connectivity index (χ1v) is 14.2. The summed E-state index contributed by atoms with van der Waals surface area (Å²) < 4.78 is 13.5. The Morgan fingerprint density at radius 1 is 1.09 bits per heavy atom. The van der Waals surface area contributed by atoms with Gasteiger partial charge in [0.2, 0.25) is 11.8 Å². The molecule has 2 aromatic carbocycles. The SMILES string of the molecule is COc1ccc2cc1OCCCN(C(=O)c1c[nH]c(=O)cn1)CC(=O)N[C@@H](Cc1ccccc1)C(=O)NCCn1ccnc1-2. The Hall–Kier alpha value is -5.46. The fraction of sp³-hybridized carbons (Fsp3) is 0.290. The molecule has 2 bridgehead atoms. The zero-order valence-electron chi connectivity index (χ0n) is 24.2. The molecular weight excluding hydrogens is 566 g/mol. The summed E-state index contributed by atoms with van der Waals surface area (Å²) in [6, 6.07) is 14.0. The summed E-state index contributed by atoms with van der Waals surface area (Å²) in [6.45, 7) is 0.720. The van der Waals surface area contributed by atoms with Gasteiger partial charge in [-0.2, -0.15) is 0 Å². The molecule has 4 aromatic rings. The van der Waals surface area contributed by atoms with Crippen molar-refractivity contribution in [2.45, 2.75) is 25.4 Å². The number of rotatable bonds is 4. The van der Waals surface area contributed by atoms with Crippen LogP contribution >= 0.6 is 0 Å². The predicted molar refractivity (Wildman–Crippen MR) is 160 cm³/mol. The van der Waals surface area contributed by atoms with E-state index in [-0.39, 0.29) is 44.3 Å². The smallest absolute Gasteiger partial charge is 0.274 e. The Bertz CT molecular complexity index is 1650. The van der Waals surface area contributed by atoms with Gasteiger partial charge in [-0.15, -0.1) is 0 Å². The molecule has 1 aliphatic heterocycles. The van der Waals surface area contributed by atoms with Gasteiger partial charge in [-0.3, -0.25) is 19.2 Å². The van der Waals surface area contributed by atoms with E-state index in [0.717, 1.165) is 17.3 Å². The summed E-state index contributed by atoms with van der Waals surface area (Å²) >= 11 is 0. The van der Waals surface area contributed by atoms with Gasteiger partial charge >= 0.3 is 0 Å². The molecule has 228 valence electrons. The molecule has 0 spiro atoms. The van der Waals surface area contributed by atoms with Crippen molar-refractivity contribution in [3.8, 4) is 22.9 Å². The number of aromatic amines is 1. The van der Waals surface area contributed by atoms with Crippen molar-refractivity contribution in [2.75, 3.05) is 33.4 Å². The fourth-order valence-electron chi connectivity index (χ4n) is 4.88. The standard InChI is InChI=1S/C31H33N7O6/c1-43-25-9-8-22-17-26(25)44-15-5-12-38(31(42)24-18-35-27(39)19-34-24)20-28(40)36-23(16-21-6-3-2-4-7-21)30(41)33-11-14-37-13-10-32-29(22)37/h2-4,6-10,13,17-19,23H,5,11-12,14-16,20H2,1H3,(H,33,41)(H,35,39)(H,36,40)/t23-/m0/s1. The summed E-state index contributed by atoms with van der Waals surface area (Å²) in [7, 11) is 1.55. The van der Waals surface area contributed by atoms with Gasteiger partial charge in [0.05, 0.1) is 26.5 Å². The molecule has 44 heavy (non-hydrogen) atoms. The molecule has 13 heteroatoms. The average molecular weight is 600 g/mol. The van der Waals surface area contributed by atoms with E-state index in [1.54, 1.807) is 19.4 Å². The second-order valence-electron chi connectivity index (χ2n) is 10.1. The number of imidazole rings is 1. The quantitative estimate of drug-likeness (QED) is 0.317. The molecule has 5 rings (SSSR count). The van der Waals surface area contributed by atoms with Crippen LogP contribution in [0.1, 0.15) is 22.5 Å². The summed E-state index contributed by atoms with van der Waals surface area (Å²) in [4.78, 5) is 63.8. The average Bonchev–Trinajstić information content (AvgIpc) is 3.50. The molecule has 0 radical (unpaired) electrons. The maximum atomic E-state index is 13.4. The lowest BCUT2D eigenvalue weighted by Gasteiger charge is -2.24. The maximum absolute atomic E-state index is 13.4. The van der Waals surface area contributed by atoms with E-state index in [4.69, 9.17) is 9.47 Å². The molecule has 0 saturated carbocycles. The molecule has 3 amide bonds. The third-order valence-corrected chi connectivity index (χ3v) is 7.07. The van der Waals surface area contributed by atoms with Crippen LogP contribution in [0.25, 0.3) is 11.4 Å². The summed E-state index contributed by atoms with van der Waals surface area (Å²) in [5.74, 6) is 0.282. The Labute approximate surface area is 253 Å². The summed E-state index contributed by atoms with van der Waals surface area (Å²) in [6.07, 6.45) is 6.34. The number of H-pyrrole nitrogens is 1. The van der Waals surface area contributed by atoms with Crippen molar-refractivity contribution in [3.63, 3.8) is 0 Å². The van der Waals surface area contributed by atoms with Crippen molar-refractivity contribution in [1.82, 2.24) is 35.1 Å². The number of fused-ring (bicyclic) bond motifs is 4. The van der Waals surface area contributed by atoms with Crippen molar-refractivity contribution in [1.29, 1.82) is 0 Å². The molecule has 13 nitrogen and oxygen atoms in total. The third kappa shape index (κ3) is 7.48.